The summed E-state index contributed by atoms with van der Waals surface area (Å²) in [6, 6.07) is 11.0. The van der Waals surface area contributed by atoms with Crippen LogP contribution in [0.15, 0.2) is 36.4 Å². The molecule has 28 heavy (non-hydrogen) atoms. The predicted octanol–water partition coefficient (Wildman–Crippen LogP) is 3.98. The summed E-state index contributed by atoms with van der Waals surface area (Å²) in [5.74, 6) is 1.10. The van der Waals surface area contributed by atoms with Gasteiger partial charge in [0.2, 0.25) is 5.91 Å². The third-order valence-electron chi connectivity index (χ3n) is 4.84. The van der Waals surface area contributed by atoms with Crippen molar-refractivity contribution in [2.75, 3.05) is 19.5 Å². The van der Waals surface area contributed by atoms with Gasteiger partial charge in [0.1, 0.15) is 0 Å². The average Bonchev–Trinajstić information content (AvgIpc) is 2.64. The fourth-order valence-electron chi connectivity index (χ4n) is 2.98. The summed E-state index contributed by atoms with van der Waals surface area (Å²) in [6.07, 6.45) is 3.05. The summed E-state index contributed by atoms with van der Waals surface area (Å²) >= 11 is 2.10. The number of anilines is 1. The predicted molar refractivity (Wildman–Crippen MR) is 116 cm³/mol. The van der Waals surface area contributed by atoms with E-state index in [9.17, 15) is 9.59 Å². The molecule has 0 aromatic heterocycles. The lowest BCUT2D eigenvalue weighted by Crippen LogP contribution is -2.28. The van der Waals surface area contributed by atoms with Gasteiger partial charge >= 0.3 is 0 Å². The van der Waals surface area contributed by atoms with E-state index >= 15 is 0 Å². The van der Waals surface area contributed by atoms with Crippen molar-refractivity contribution in [3.63, 3.8) is 0 Å². The van der Waals surface area contributed by atoms with Gasteiger partial charge in [-0.2, -0.15) is 0 Å². The van der Waals surface area contributed by atoms with E-state index in [2.05, 4.69) is 33.2 Å². The molecule has 0 atom stereocenters. The van der Waals surface area contributed by atoms with Crippen LogP contribution < -0.4 is 20.1 Å². The topological polar surface area (TPSA) is 76.7 Å². The summed E-state index contributed by atoms with van der Waals surface area (Å²) < 4.78 is 11.3. The largest absolute Gasteiger partial charge is 0.493 e. The fraction of sp³-hybridized carbons (Fsp3) is 0.333. The second kappa shape index (κ2) is 9.27. The van der Waals surface area contributed by atoms with E-state index in [1.165, 1.54) is 7.11 Å². The molecule has 0 spiro atoms. The molecule has 0 heterocycles. The first kappa shape index (κ1) is 20.4. The molecule has 148 valence electrons. The molecule has 2 aromatic rings. The van der Waals surface area contributed by atoms with E-state index in [4.69, 9.17) is 9.47 Å². The van der Waals surface area contributed by atoms with Gasteiger partial charge in [-0.25, -0.2) is 0 Å². The van der Waals surface area contributed by atoms with Crippen molar-refractivity contribution >= 4 is 40.1 Å². The molecule has 1 fully saturated rings. The summed E-state index contributed by atoms with van der Waals surface area (Å²) in [5.41, 5.74) is 2.19. The maximum absolute atomic E-state index is 12.6. The third kappa shape index (κ3) is 4.76. The minimum absolute atomic E-state index is 0.0762. The van der Waals surface area contributed by atoms with Crippen LogP contribution in [-0.2, 0) is 11.3 Å². The molecule has 0 radical (unpaired) electrons. The Labute approximate surface area is 178 Å². The number of methoxy groups -OCH3 is 2. The van der Waals surface area contributed by atoms with Crippen molar-refractivity contribution < 1.29 is 19.1 Å². The quantitative estimate of drug-likeness (QED) is 0.572. The first-order valence-corrected chi connectivity index (χ1v) is 10.2. The standard InChI is InChI=1S/C21H23IN2O4/c1-27-18-10-16(17(22)11-19(18)28-2)21(26)23-12-13-5-3-8-15(9-13)24-20(25)14-6-4-7-14/h3,5,8-11,14H,4,6-7,12H2,1-2H3,(H,23,26)(H,24,25). The van der Waals surface area contributed by atoms with E-state index in [-0.39, 0.29) is 17.7 Å². The van der Waals surface area contributed by atoms with Crippen LogP contribution in [0.4, 0.5) is 5.69 Å². The molecule has 1 aliphatic carbocycles. The van der Waals surface area contributed by atoms with Gasteiger partial charge < -0.3 is 20.1 Å². The molecule has 6 nitrogen and oxygen atoms in total. The number of carbonyl (C=O) groups excluding carboxylic acids is 2. The van der Waals surface area contributed by atoms with Crippen LogP contribution in [0.5, 0.6) is 11.5 Å². The van der Waals surface area contributed by atoms with Crippen LogP contribution in [0, 0.1) is 9.49 Å². The number of halogens is 1. The van der Waals surface area contributed by atoms with Gasteiger partial charge in [0.05, 0.1) is 19.8 Å². The molecule has 0 bridgehead atoms. The molecule has 0 aliphatic heterocycles. The molecule has 1 aliphatic rings. The molecule has 0 saturated heterocycles. The van der Waals surface area contributed by atoms with E-state index in [1.807, 2.05) is 24.3 Å². The number of nitrogens with one attached hydrogen (secondary N) is 2. The summed E-state index contributed by atoms with van der Waals surface area (Å²) in [7, 11) is 3.10. The monoisotopic (exact) mass is 494 g/mol. The molecule has 2 N–H and O–H groups in total. The normalized spacial score (nSPS) is 13.4. The molecule has 7 heteroatoms. The van der Waals surface area contributed by atoms with Gasteiger partial charge in [-0.15, -0.1) is 0 Å². The highest BCUT2D eigenvalue weighted by atomic mass is 127. The summed E-state index contributed by atoms with van der Waals surface area (Å²) in [5, 5.41) is 5.87. The molecule has 3 rings (SSSR count). The smallest absolute Gasteiger partial charge is 0.252 e. The summed E-state index contributed by atoms with van der Waals surface area (Å²) in [4.78, 5) is 24.7. The minimum Gasteiger partial charge on any atom is -0.493 e. The first-order valence-electron chi connectivity index (χ1n) is 9.11. The zero-order valence-electron chi connectivity index (χ0n) is 15.9. The number of hydrogen-bond acceptors (Lipinski definition) is 4. The van der Waals surface area contributed by atoms with Crippen molar-refractivity contribution in [3.8, 4) is 11.5 Å². The van der Waals surface area contributed by atoms with Crippen molar-refractivity contribution in [2.45, 2.75) is 25.8 Å². The Bertz CT molecular complexity index is 881. The lowest BCUT2D eigenvalue weighted by Gasteiger charge is -2.24. The van der Waals surface area contributed by atoms with Gasteiger partial charge in [-0.05, 0) is 65.3 Å². The molecular formula is C21H23IN2O4. The lowest BCUT2D eigenvalue weighted by molar-refractivity contribution is -0.122. The lowest BCUT2D eigenvalue weighted by atomic mass is 9.85. The van der Waals surface area contributed by atoms with Crippen molar-refractivity contribution in [1.82, 2.24) is 5.32 Å². The second-order valence-electron chi connectivity index (χ2n) is 6.69. The average molecular weight is 494 g/mol. The SMILES string of the molecule is COc1cc(I)c(C(=O)NCc2cccc(NC(=O)C3CCC3)c2)cc1OC. The van der Waals surface area contributed by atoms with Gasteiger partial charge in [-0.1, -0.05) is 18.6 Å². The Balaban J connectivity index is 1.64. The van der Waals surface area contributed by atoms with Crippen LogP contribution >= 0.6 is 22.6 Å². The van der Waals surface area contributed by atoms with Crippen LogP contribution in [0.25, 0.3) is 0 Å². The third-order valence-corrected chi connectivity index (χ3v) is 5.73. The van der Waals surface area contributed by atoms with E-state index in [1.54, 1.807) is 19.2 Å². The van der Waals surface area contributed by atoms with Crippen molar-refractivity contribution in [1.29, 1.82) is 0 Å². The minimum atomic E-state index is -0.200. The highest BCUT2D eigenvalue weighted by Gasteiger charge is 2.25. The number of benzene rings is 2. The van der Waals surface area contributed by atoms with E-state index < -0.39 is 0 Å². The number of carbonyl (C=O) groups is 2. The van der Waals surface area contributed by atoms with Crippen LogP contribution in [0.2, 0.25) is 0 Å². The number of ether oxygens (including phenoxy) is 2. The maximum atomic E-state index is 12.6. The number of amides is 2. The van der Waals surface area contributed by atoms with Crippen LogP contribution in [0.3, 0.4) is 0 Å². The number of hydrogen-bond donors (Lipinski definition) is 2. The van der Waals surface area contributed by atoms with E-state index in [0.29, 0.717) is 23.6 Å². The molecule has 1 saturated carbocycles. The molecule has 0 unspecified atom stereocenters. The van der Waals surface area contributed by atoms with Gasteiger partial charge in [0.25, 0.3) is 5.91 Å². The van der Waals surface area contributed by atoms with Crippen molar-refractivity contribution in [2.24, 2.45) is 5.92 Å². The Morgan fingerprint density at radius 1 is 1.11 bits per heavy atom. The zero-order chi connectivity index (χ0) is 20.1. The van der Waals surface area contributed by atoms with Crippen LogP contribution in [0.1, 0.15) is 35.2 Å². The zero-order valence-corrected chi connectivity index (χ0v) is 18.0. The van der Waals surface area contributed by atoms with Gasteiger partial charge in [-0.3, -0.25) is 9.59 Å². The first-order chi connectivity index (χ1) is 13.5. The highest BCUT2D eigenvalue weighted by molar-refractivity contribution is 14.1. The highest BCUT2D eigenvalue weighted by Crippen LogP contribution is 2.31. The Morgan fingerprint density at radius 2 is 1.82 bits per heavy atom. The molecule has 2 amide bonds. The Kier molecular flexibility index (Phi) is 6.77. The van der Waals surface area contributed by atoms with Crippen LogP contribution in [-0.4, -0.2) is 26.0 Å². The fourth-order valence-corrected chi connectivity index (χ4v) is 3.66. The second-order valence-corrected chi connectivity index (χ2v) is 7.85. The Hall–Kier alpha value is -2.29. The molecule has 2 aromatic carbocycles. The molecular weight excluding hydrogens is 471 g/mol. The van der Waals surface area contributed by atoms with Gasteiger partial charge in [0.15, 0.2) is 11.5 Å². The van der Waals surface area contributed by atoms with Gasteiger partial charge in [0, 0.05) is 21.7 Å². The van der Waals surface area contributed by atoms with Crippen molar-refractivity contribution in [3.05, 3.63) is 51.1 Å². The maximum Gasteiger partial charge on any atom is 0.252 e. The Morgan fingerprint density at radius 3 is 2.46 bits per heavy atom. The summed E-state index contributed by atoms with van der Waals surface area (Å²) in [6.45, 7) is 0.358. The van der Waals surface area contributed by atoms with E-state index in [0.717, 1.165) is 34.1 Å². The number of rotatable bonds is 7.